The third kappa shape index (κ3) is 5.51. The summed E-state index contributed by atoms with van der Waals surface area (Å²) in [5, 5.41) is 5.76. The second-order valence-electron chi connectivity index (χ2n) is 5.67. The average Bonchev–Trinajstić information content (AvgIpc) is 2.59. The quantitative estimate of drug-likeness (QED) is 0.859. The predicted molar refractivity (Wildman–Crippen MR) is 80.8 cm³/mol. The van der Waals surface area contributed by atoms with Gasteiger partial charge in [-0.25, -0.2) is 0 Å². The highest BCUT2D eigenvalue weighted by atomic mass is 79.9. The maximum atomic E-state index is 3.62. The summed E-state index contributed by atoms with van der Waals surface area (Å²) >= 11 is 5.30. The summed E-state index contributed by atoms with van der Waals surface area (Å²) in [7, 11) is 4.25. The zero-order valence-corrected chi connectivity index (χ0v) is 13.8. The summed E-state index contributed by atoms with van der Waals surface area (Å²) in [4.78, 5) is 3.63. The Balaban J connectivity index is 2.45. The molecule has 1 atom stereocenters. The molecular weight excluding hydrogens is 296 g/mol. The first-order valence-corrected chi connectivity index (χ1v) is 7.59. The average molecular weight is 319 g/mol. The van der Waals surface area contributed by atoms with Crippen LogP contribution >= 0.6 is 27.3 Å². The second kappa shape index (κ2) is 6.32. The molecule has 98 valence electrons. The van der Waals surface area contributed by atoms with Crippen LogP contribution in [0.1, 0.15) is 31.7 Å². The van der Waals surface area contributed by atoms with E-state index in [9.17, 15) is 0 Å². The van der Waals surface area contributed by atoms with Gasteiger partial charge in [-0.1, -0.05) is 13.8 Å². The number of halogens is 1. The first-order chi connectivity index (χ1) is 7.80. The number of hydrogen-bond acceptors (Lipinski definition) is 3. The molecule has 1 aromatic heterocycles. The summed E-state index contributed by atoms with van der Waals surface area (Å²) in [6, 6.07) is 2.62. The van der Waals surface area contributed by atoms with Gasteiger partial charge in [0.2, 0.25) is 0 Å². The normalized spacial score (nSPS) is 14.3. The van der Waals surface area contributed by atoms with Crippen LogP contribution in [-0.2, 0) is 0 Å². The van der Waals surface area contributed by atoms with Gasteiger partial charge in [-0.2, -0.15) is 0 Å². The van der Waals surface area contributed by atoms with Crippen LogP contribution in [0.2, 0.25) is 0 Å². The highest BCUT2D eigenvalue weighted by Crippen LogP contribution is 2.26. The lowest BCUT2D eigenvalue weighted by Crippen LogP contribution is -2.38. The fourth-order valence-corrected chi connectivity index (χ4v) is 3.47. The highest BCUT2D eigenvalue weighted by molar-refractivity contribution is 9.10. The fraction of sp³-hybridized carbons (Fsp3) is 0.692. The number of nitrogens with one attached hydrogen (secondary N) is 1. The van der Waals surface area contributed by atoms with E-state index in [0.29, 0.717) is 11.5 Å². The van der Waals surface area contributed by atoms with Gasteiger partial charge < -0.3 is 10.2 Å². The van der Waals surface area contributed by atoms with Crippen LogP contribution in [0, 0.1) is 5.41 Å². The van der Waals surface area contributed by atoms with E-state index in [1.807, 2.05) is 0 Å². The smallest absolute Gasteiger partial charge is 0.0386 e. The van der Waals surface area contributed by atoms with Crippen molar-refractivity contribution in [2.75, 3.05) is 27.2 Å². The Morgan fingerprint density at radius 3 is 2.59 bits per heavy atom. The van der Waals surface area contributed by atoms with Gasteiger partial charge in [0, 0.05) is 33.9 Å². The molecule has 1 heterocycles. The molecule has 0 aliphatic heterocycles. The summed E-state index contributed by atoms with van der Waals surface area (Å²) in [5.41, 5.74) is 0.298. The largest absolute Gasteiger partial charge is 0.309 e. The van der Waals surface area contributed by atoms with E-state index < -0.39 is 0 Å². The van der Waals surface area contributed by atoms with E-state index in [2.05, 4.69) is 72.5 Å². The Hall–Kier alpha value is 0.1000. The Labute approximate surface area is 118 Å². The van der Waals surface area contributed by atoms with E-state index in [1.54, 1.807) is 11.3 Å². The van der Waals surface area contributed by atoms with Crippen molar-refractivity contribution in [2.45, 2.75) is 26.8 Å². The summed E-state index contributed by atoms with van der Waals surface area (Å²) < 4.78 is 1.18. The zero-order chi connectivity index (χ0) is 13.1. The minimum absolute atomic E-state index is 0.298. The molecule has 2 nitrogen and oxygen atoms in total. The number of thiophene rings is 1. The Kier molecular flexibility index (Phi) is 5.64. The molecule has 1 aromatic rings. The molecule has 0 saturated heterocycles. The molecule has 0 aliphatic carbocycles. The van der Waals surface area contributed by atoms with Crippen LogP contribution < -0.4 is 5.32 Å². The van der Waals surface area contributed by atoms with Crippen molar-refractivity contribution in [1.29, 1.82) is 0 Å². The molecule has 17 heavy (non-hydrogen) atoms. The van der Waals surface area contributed by atoms with Crippen molar-refractivity contribution in [2.24, 2.45) is 5.41 Å². The first-order valence-electron chi connectivity index (χ1n) is 5.92. The molecule has 0 bridgehead atoms. The third-order valence-electron chi connectivity index (χ3n) is 2.65. The van der Waals surface area contributed by atoms with E-state index in [4.69, 9.17) is 0 Å². The Bertz CT molecular complexity index is 347. The van der Waals surface area contributed by atoms with Gasteiger partial charge in [0.25, 0.3) is 0 Å². The van der Waals surface area contributed by atoms with Gasteiger partial charge in [0.05, 0.1) is 0 Å². The maximum Gasteiger partial charge on any atom is 0.0386 e. The van der Waals surface area contributed by atoms with Gasteiger partial charge in [0.15, 0.2) is 0 Å². The van der Waals surface area contributed by atoms with Crippen molar-refractivity contribution in [1.82, 2.24) is 10.2 Å². The number of rotatable bonds is 6. The lowest BCUT2D eigenvalue weighted by atomic mass is 9.92. The lowest BCUT2D eigenvalue weighted by molar-refractivity contribution is 0.227. The first kappa shape index (κ1) is 15.2. The molecule has 0 saturated carbocycles. The van der Waals surface area contributed by atoms with Crippen LogP contribution in [0.3, 0.4) is 0 Å². The minimum Gasteiger partial charge on any atom is -0.309 e. The molecule has 0 aromatic carbocycles. The molecular formula is C13H23BrN2S. The van der Waals surface area contributed by atoms with Crippen molar-refractivity contribution in [3.8, 4) is 0 Å². The molecule has 0 radical (unpaired) electrons. The van der Waals surface area contributed by atoms with Gasteiger partial charge in [-0.15, -0.1) is 11.3 Å². The molecule has 0 amide bonds. The number of hydrogen-bond donors (Lipinski definition) is 1. The fourth-order valence-electron chi connectivity index (χ4n) is 2.00. The molecule has 0 spiro atoms. The lowest BCUT2D eigenvalue weighted by Gasteiger charge is -2.30. The molecule has 1 rings (SSSR count). The van der Waals surface area contributed by atoms with Crippen LogP contribution in [0.15, 0.2) is 15.9 Å². The minimum atomic E-state index is 0.298. The third-order valence-corrected chi connectivity index (χ3v) is 4.52. The van der Waals surface area contributed by atoms with E-state index in [0.717, 1.165) is 13.1 Å². The zero-order valence-electron chi connectivity index (χ0n) is 11.4. The van der Waals surface area contributed by atoms with E-state index in [-0.39, 0.29) is 0 Å². The van der Waals surface area contributed by atoms with Crippen LogP contribution in [0.25, 0.3) is 0 Å². The Morgan fingerprint density at radius 2 is 2.12 bits per heavy atom. The topological polar surface area (TPSA) is 15.3 Å². The van der Waals surface area contributed by atoms with Gasteiger partial charge in [-0.05, 0) is 48.4 Å². The van der Waals surface area contributed by atoms with Crippen LogP contribution in [0.4, 0.5) is 0 Å². The Morgan fingerprint density at radius 1 is 1.47 bits per heavy atom. The van der Waals surface area contributed by atoms with Gasteiger partial charge in [0.1, 0.15) is 0 Å². The molecule has 1 unspecified atom stereocenters. The summed E-state index contributed by atoms with van der Waals surface area (Å²) in [5.74, 6) is 0. The molecule has 0 aliphatic rings. The van der Waals surface area contributed by atoms with Crippen molar-refractivity contribution in [3.63, 3.8) is 0 Å². The SMILES string of the molecule is CC(NCC(C)(C)CN(C)C)c1cc(Br)cs1. The molecule has 1 N–H and O–H groups in total. The molecule has 0 fully saturated rings. The summed E-state index contributed by atoms with van der Waals surface area (Å²) in [6.07, 6.45) is 0. The van der Waals surface area contributed by atoms with Crippen molar-refractivity contribution < 1.29 is 0 Å². The standard InChI is InChI=1S/C13H23BrN2S/c1-10(12-6-11(14)7-17-12)15-8-13(2,3)9-16(4)5/h6-7,10,15H,8-9H2,1-5H3. The van der Waals surface area contributed by atoms with Gasteiger partial charge >= 0.3 is 0 Å². The highest BCUT2D eigenvalue weighted by Gasteiger charge is 2.20. The van der Waals surface area contributed by atoms with Crippen molar-refractivity contribution in [3.05, 3.63) is 20.8 Å². The maximum absolute atomic E-state index is 3.62. The van der Waals surface area contributed by atoms with Gasteiger partial charge in [-0.3, -0.25) is 0 Å². The molecule has 4 heteroatoms. The number of nitrogens with zero attached hydrogens (tertiary/aromatic N) is 1. The van der Waals surface area contributed by atoms with E-state index >= 15 is 0 Å². The predicted octanol–water partition coefficient (Wildman–Crippen LogP) is 3.75. The van der Waals surface area contributed by atoms with E-state index in [1.165, 1.54) is 9.35 Å². The summed E-state index contributed by atoms with van der Waals surface area (Å²) in [6.45, 7) is 8.96. The van der Waals surface area contributed by atoms with Crippen molar-refractivity contribution >= 4 is 27.3 Å². The monoisotopic (exact) mass is 318 g/mol. The van der Waals surface area contributed by atoms with Crippen LogP contribution in [0.5, 0.6) is 0 Å². The second-order valence-corrected chi connectivity index (χ2v) is 7.53. The van der Waals surface area contributed by atoms with Crippen LogP contribution in [-0.4, -0.2) is 32.1 Å².